The van der Waals surface area contributed by atoms with Gasteiger partial charge >= 0.3 is 0 Å². The summed E-state index contributed by atoms with van der Waals surface area (Å²) in [6, 6.07) is 6.73. The van der Waals surface area contributed by atoms with Crippen molar-refractivity contribution in [3.05, 3.63) is 45.9 Å². The molecule has 0 spiro atoms. The van der Waals surface area contributed by atoms with Crippen molar-refractivity contribution < 1.29 is 4.39 Å². The van der Waals surface area contributed by atoms with Crippen LogP contribution in [-0.2, 0) is 13.0 Å². The minimum Gasteiger partial charge on any atom is -0.339 e. The van der Waals surface area contributed by atoms with Gasteiger partial charge in [0, 0.05) is 17.8 Å². The first-order valence-electron chi connectivity index (χ1n) is 5.82. The number of benzene rings is 1. The highest BCUT2D eigenvalue weighted by Crippen LogP contribution is 2.38. The van der Waals surface area contributed by atoms with Crippen molar-refractivity contribution in [1.82, 2.24) is 4.57 Å². The molecule has 0 saturated heterocycles. The van der Waals surface area contributed by atoms with Crippen LogP contribution in [-0.4, -0.2) is 4.57 Å². The number of fused-ring (bicyclic) bond motifs is 1. The summed E-state index contributed by atoms with van der Waals surface area (Å²) in [6.45, 7) is 3.23. The Balaban J connectivity index is 2.18. The third-order valence-electron chi connectivity index (χ3n) is 3.51. The molecule has 1 nitrogen and oxygen atoms in total. The van der Waals surface area contributed by atoms with Gasteiger partial charge in [-0.25, -0.2) is 4.39 Å². The molecule has 0 amide bonds. The maximum Gasteiger partial charge on any atom is 0.123 e. The first-order chi connectivity index (χ1) is 8.18. The lowest BCUT2D eigenvalue weighted by molar-refractivity contribution is 0.628. The van der Waals surface area contributed by atoms with Crippen LogP contribution in [0.5, 0.6) is 0 Å². The number of nitrogens with zero attached hydrogens (tertiary/aromatic N) is 1. The average molecular weight is 294 g/mol. The lowest BCUT2D eigenvalue weighted by Gasteiger charge is -2.04. The first-order valence-corrected chi connectivity index (χ1v) is 6.61. The van der Waals surface area contributed by atoms with E-state index in [2.05, 4.69) is 27.4 Å². The van der Waals surface area contributed by atoms with Crippen molar-refractivity contribution in [3.63, 3.8) is 0 Å². The van der Waals surface area contributed by atoms with E-state index in [1.54, 1.807) is 0 Å². The van der Waals surface area contributed by atoms with Crippen molar-refractivity contribution in [3.8, 4) is 11.1 Å². The molecular weight excluding hydrogens is 281 g/mol. The van der Waals surface area contributed by atoms with E-state index >= 15 is 0 Å². The van der Waals surface area contributed by atoms with Gasteiger partial charge in [0.05, 0.1) is 4.60 Å². The van der Waals surface area contributed by atoms with Crippen LogP contribution in [0.1, 0.15) is 17.7 Å². The molecule has 88 valence electrons. The highest BCUT2D eigenvalue weighted by molar-refractivity contribution is 9.10. The van der Waals surface area contributed by atoms with E-state index in [1.165, 1.54) is 35.4 Å². The Labute approximate surface area is 108 Å². The van der Waals surface area contributed by atoms with Crippen LogP contribution >= 0.6 is 15.9 Å². The SMILES string of the molecule is Cc1c(-c2ccc(F)cc2)c(Br)n2c1CCC2. The third kappa shape index (κ3) is 1.64. The Bertz CT molecular complexity index is 541. The summed E-state index contributed by atoms with van der Waals surface area (Å²) >= 11 is 3.68. The number of rotatable bonds is 1. The maximum absolute atomic E-state index is 12.9. The predicted molar refractivity (Wildman–Crippen MR) is 70.6 cm³/mol. The van der Waals surface area contributed by atoms with E-state index in [0.717, 1.165) is 23.1 Å². The molecule has 1 aromatic heterocycles. The van der Waals surface area contributed by atoms with Crippen molar-refractivity contribution in [1.29, 1.82) is 0 Å². The van der Waals surface area contributed by atoms with Gasteiger partial charge in [-0.15, -0.1) is 0 Å². The third-order valence-corrected chi connectivity index (χ3v) is 4.33. The summed E-state index contributed by atoms with van der Waals surface area (Å²) in [5.41, 5.74) is 5.02. The topological polar surface area (TPSA) is 4.93 Å². The van der Waals surface area contributed by atoms with Gasteiger partial charge in [-0.2, -0.15) is 0 Å². The molecule has 0 aliphatic carbocycles. The molecule has 2 aromatic rings. The van der Waals surface area contributed by atoms with Crippen LogP contribution in [0.2, 0.25) is 0 Å². The Kier molecular flexibility index (Phi) is 2.58. The molecule has 0 radical (unpaired) electrons. The summed E-state index contributed by atoms with van der Waals surface area (Å²) in [7, 11) is 0. The highest BCUT2D eigenvalue weighted by atomic mass is 79.9. The van der Waals surface area contributed by atoms with Gasteiger partial charge in [0.2, 0.25) is 0 Å². The standard InChI is InChI=1S/C14H13BrFN/c1-9-12-3-2-8-17(12)14(15)13(9)10-4-6-11(16)7-5-10/h4-7H,2-3,8H2,1H3. The first kappa shape index (κ1) is 11.0. The smallest absolute Gasteiger partial charge is 0.123 e. The zero-order valence-electron chi connectivity index (χ0n) is 9.63. The molecule has 0 fully saturated rings. The molecular formula is C14H13BrFN. The van der Waals surface area contributed by atoms with E-state index in [1.807, 2.05) is 12.1 Å². The van der Waals surface area contributed by atoms with E-state index in [-0.39, 0.29) is 5.82 Å². The van der Waals surface area contributed by atoms with Gasteiger partial charge in [-0.05, 0) is 59.0 Å². The molecule has 1 aliphatic heterocycles. The summed E-state index contributed by atoms with van der Waals surface area (Å²) in [5.74, 6) is -0.186. The second kappa shape index (κ2) is 3.98. The van der Waals surface area contributed by atoms with Gasteiger partial charge in [0.15, 0.2) is 0 Å². The number of hydrogen-bond acceptors (Lipinski definition) is 0. The van der Waals surface area contributed by atoms with Crippen LogP contribution < -0.4 is 0 Å². The predicted octanol–water partition coefficient (Wildman–Crippen LogP) is 4.31. The number of aromatic nitrogens is 1. The summed E-state index contributed by atoms with van der Waals surface area (Å²) in [5, 5.41) is 0. The summed E-state index contributed by atoms with van der Waals surface area (Å²) in [6.07, 6.45) is 2.37. The Morgan fingerprint density at radius 3 is 2.59 bits per heavy atom. The minimum atomic E-state index is -0.186. The highest BCUT2D eigenvalue weighted by Gasteiger charge is 2.22. The molecule has 0 bridgehead atoms. The fraction of sp³-hybridized carbons (Fsp3) is 0.286. The molecule has 0 N–H and O–H groups in total. The van der Waals surface area contributed by atoms with Crippen LogP contribution in [0, 0.1) is 12.7 Å². The minimum absolute atomic E-state index is 0.186. The van der Waals surface area contributed by atoms with E-state index < -0.39 is 0 Å². The molecule has 3 heteroatoms. The Hall–Kier alpha value is -1.09. The lowest BCUT2D eigenvalue weighted by atomic mass is 10.0. The second-order valence-corrected chi connectivity index (χ2v) is 5.25. The van der Waals surface area contributed by atoms with E-state index in [9.17, 15) is 4.39 Å². The van der Waals surface area contributed by atoms with Gasteiger partial charge in [-0.1, -0.05) is 12.1 Å². The molecule has 3 rings (SSSR count). The Morgan fingerprint density at radius 1 is 1.24 bits per heavy atom. The largest absolute Gasteiger partial charge is 0.339 e. The van der Waals surface area contributed by atoms with Gasteiger partial charge < -0.3 is 4.57 Å². The van der Waals surface area contributed by atoms with Crippen molar-refractivity contribution >= 4 is 15.9 Å². The van der Waals surface area contributed by atoms with Crippen LogP contribution in [0.25, 0.3) is 11.1 Å². The molecule has 0 atom stereocenters. The van der Waals surface area contributed by atoms with E-state index in [0.29, 0.717) is 0 Å². The fourth-order valence-electron chi connectivity index (χ4n) is 2.67. The zero-order chi connectivity index (χ0) is 12.0. The molecule has 17 heavy (non-hydrogen) atoms. The fourth-order valence-corrected chi connectivity index (χ4v) is 3.58. The van der Waals surface area contributed by atoms with Crippen molar-refractivity contribution in [2.45, 2.75) is 26.3 Å². The second-order valence-electron chi connectivity index (χ2n) is 4.50. The average Bonchev–Trinajstić information content (AvgIpc) is 2.87. The lowest BCUT2D eigenvalue weighted by Crippen LogP contribution is -1.91. The number of hydrogen-bond donors (Lipinski definition) is 0. The normalized spacial score (nSPS) is 14.1. The van der Waals surface area contributed by atoms with Crippen LogP contribution in [0.3, 0.4) is 0 Å². The molecule has 2 heterocycles. The monoisotopic (exact) mass is 293 g/mol. The van der Waals surface area contributed by atoms with Gasteiger partial charge in [0.1, 0.15) is 5.82 Å². The Morgan fingerprint density at radius 2 is 1.94 bits per heavy atom. The molecule has 1 aliphatic rings. The summed E-state index contributed by atoms with van der Waals surface area (Å²) in [4.78, 5) is 0. The summed E-state index contributed by atoms with van der Waals surface area (Å²) < 4.78 is 16.4. The quantitative estimate of drug-likeness (QED) is 0.738. The molecule has 0 saturated carbocycles. The molecule has 1 aromatic carbocycles. The van der Waals surface area contributed by atoms with Crippen LogP contribution in [0.4, 0.5) is 4.39 Å². The van der Waals surface area contributed by atoms with Crippen molar-refractivity contribution in [2.75, 3.05) is 0 Å². The maximum atomic E-state index is 12.9. The molecule has 0 unspecified atom stereocenters. The van der Waals surface area contributed by atoms with Gasteiger partial charge in [0.25, 0.3) is 0 Å². The number of halogens is 2. The zero-order valence-corrected chi connectivity index (χ0v) is 11.2. The van der Waals surface area contributed by atoms with Gasteiger partial charge in [-0.3, -0.25) is 0 Å². The van der Waals surface area contributed by atoms with E-state index in [4.69, 9.17) is 0 Å². The van der Waals surface area contributed by atoms with Crippen LogP contribution in [0.15, 0.2) is 28.9 Å². The van der Waals surface area contributed by atoms with Crippen molar-refractivity contribution in [2.24, 2.45) is 0 Å².